The first-order valence-electron chi connectivity index (χ1n) is 7.02. The second-order valence-corrected chi connectivity index (χ2v) is 7.70. The number of nitrogens with zero attached hydrogens (tertiary/aromatic N) is 1. The van der Waals surface area contributed by atoms with Gasteiger partial charge in [-0.3, -0.25) is 0 Å². The van der Waals surface area contributed by atoms with Gasteiger partial charge in [-0.2, -0.15) is 0 Å². The van der Waals surface area contributed by atoms with Gasteiger partial charge < -0.3 is 14.6 Å². The Kier molecular flexibility index (Phi) is 3.75. The molecule has 3 heterocycles. The summed E-state index contributed by atoms with van der Waals surface area (Å²) in [7, 11) is -2.98. The number of nitrogens with one attached hydrogen (secondary N) is 1. The molecule has 1 N–H and O–H groups in total. The highest BCUT2D eigenvalue weighted by molar-refractivity contribution is 7.91. The fourth-order valence-corrected chi connectivity index (χ4v) is 4.41. The molecular formula is C14H18N2O4S. The minimum absolute atomic E-state index is 0.0491. The van der Waals surface area contributed by atoms with Crippen molar-refractivity contribution in [2.75, 3.05) is 24.6 Å². The van der Waals surface area contributed by atoms with Gasteiger partial charge in [0.25, 0.3) is 0 Å². The number of hydrogen-bond acceptors (Lipinski definition) is 4. The van der Waals surface area contributed by atoms with Gasteiger partial charge in [-0.25, -0.2) is 13.2 Å². The van der Waals surface area contributed by atoms with Crippen LogP contribution in [0.2, 0.25) is 0 Å². The Morgan fingerprint density at radius 3 is 2.95 bits per heavy atom. The molecule has 0 radical (unpaired) electrons. The number of carbonyl (C=O) groups excluding carboxylic acids is 1. The highest BCUT2D eigenvalue weighted by atomic mass is 32.2. The average molecular weight is 310 g/mol. The topological polar surface area (TPSA) is 79.6 Å². The molecule has 6 nitrogen and oxygen atoms in total. The largest absolute Gasteiger partial charge is 0.465 e. The molecule has 0 aromatic carbocycles. The second-order valence-electron chi connectivity index (χ2n) is 5.47. The quantitative estimate of drug-likeness (QED) is 0.892. The van der Waals surface area contributed by atoms with Gasteiger partial charge in [0.05, 0.1) is 24.3 Å². The van der Waals surface area contributed by atoms with E-state index in [1.54, 1.807) is 11.2 Å². The monoisotopic (exact) mass is 310 g/mol. The molecule has 2 amide bonds. The SMILES string of the molecule is O=C(NC1CCS(=O)(=O)C1)N1CCC=C(c2ccco2)C1. The van der Waals surface area contributed by atoms with Crippen molar-refractivity contribution in [3.8, 4) is 0 Å². The van der Waals surface area contributed by atoms with Crippen molar-refractivity contribution in [3.63, 3.8) is 0 Å². The summed E-state index contributed by atoms with van der Waals surface area (Å²) < 4.78 is 28.2. The lowest BCUT2D eigenvalue weighted by molar-refractivity contribution is 0.200. The molecule has 0 bridgehead atoms. The molecule has 2 aliphatic heterocycles. The number of amides is 2. The summed E-state index contributed by atoms with van der Waals surface area (Å²) in [6, 6.07) is 3.23. The fraction of sp³-hybridized carbons (Fsp3) is 0.500. The zero-order valence-electron chi connectivity index (χ0n) is 11.6. The van der Waals surface area contributed by atoms with Crippen molar-refractivity contribution < 1.29 is 17.6 Å². The molecule has 0 aliphatic carbocycles. The van der Waals surface area contributed by atoms with Gasteiger partial charge in [0.1, 0.15) is 5.76 Å². The van der Waals surface area contributed by atoms with Crippen LogP contribution in [0.4, 0.5) is 4.79 Å². The maximum absolute atomic E-state index is 12.2. The van der Waals surface area contributed by atoms with Crippen molar-refractivity contribution in [2.24, 2.45) is 0 Å². The Morgan fingerprint density at radius 1 is 1.43 bits per heavy atom. The maximum Gasteiger partial charge on any atom is 0.317 e. The van der Waals surface area contributed by atoms with E-state index in [2.05, 4.69) is 11.4 Å². The zero-order chi connectivity index (χ0) is 14.9. The number of urea groups is 1. The smallest absolute Gasteiger partial charge is 0.317 e. The van der Waals surface area contributed by atoms with Gasteiger partial charge >= 0.3 is 6.03 Å². The molecule has 3 rings (SSSR count). The van der Waals surface area contributed by atoms with E-state index in [0.29, 0.717) is 19.5 Å². The third-order valence-corrected chi connectivity index (χ3v) is 5.60. The summed E-state index contributed by atoms with van der Waals surface area (Å²) in [5, 5.41) is 2.82. The van der Waals surface area contributed by atoms with Crippen LogP contribution >= 0.6 is 0 Å². The molecule has 0 saturated carbocycles. The standard InChI is InChI=1S/C14H18N2O4S/c17-14(15-12-5-8-21(18,19)10-12)16-6-1-3-11(9-16)13-4-2-7-20-13/h2-4,7,12H,1,5-6,8-10H2,(H,15,17). The molecule has 1 unspecified atom stereocenters. The summed E-state index contributed by atoms with van der Waals surface area (Å²) >= 11 is 0. The van der Waals surface area contributed by atoms with Crippen LogP contribution in [-0.4, -0.2) is 50.0 Å². The third-order valence-electron chi connectivity index (χ3n) is 3.84. The summed E-state index contributed by atoms with van der Waals surface area (Å²) in [5.74, 6) is 0.985. The number of furan rings is 1. The van der Waals surface area contributed by atoms with Gasteiger partial charge in [0.15, 0.2) is 9.84 Å². The lowest BCUT2D eigenvalue weighted by Crippen LogP contribution is -2.47. The van der Waals surface area contributed by atoms with Crippen LogP contribution in [0.15, 0.2) is 28.9 Å². The Labute approximate surface area is 123 Å². The van der Waals surface area contributed by atoms with E-state index in [0.717, 1.165) is 17.8 Å². The Hall–Kier alpha value is -1.76. The first-order valence-corrected chi connectivity index (χ1v) is 8.84. The van der Waals surface area contributed by atoms with Gasteiger partial charge in [-0.1, -0.05) is 6.08 Å². The lowest BCUT2D eigenvalue weighted by atomic mass is 10.1. The molecule has 7 heteroatoms. The number of hydrogen-bond donors (Lipinski definition) is 1. The first-order chi connectivity index (χ1) is 10.0. The van der Waals surface area contributed by atoms with E-state index in [4.69, 9.17) is 4.42 Å². The molecule has 1 aromatic rings. The molecule has 0 spiro atoms. The first kappa shape index (κ1) is 14.2. The van der Waals surface area contributed by atoms with E-state index in [-0.39, 0.29) is 23.6 Å². The van der Waals surface area contributed by atoms with Crippen molar-refractivity contribution in [1.82, 2.24) is 10.2 Å². The normalized spacial score (nSPS) is 24.7. The zero-order valence-corrected chi connectivity index (χ0v) is 12.4. The third kappa shape index (κ3) is 3.29. The van der Waals surface area contributed by atoms with Crippen LogP contribution in [0, 0.1) is 0 Å². The van der Waals surface area contributed by atoms with E-state index in [1.807, 2.05) is 12.1 Å². The molecule has 1 fully saturated rings. The van der Waals surface area contributed by atoms with Gasteiger partial charge in [0, 0.05) is 18.2 Å². The molecule has 21 heavy (non-hydrogen) atoms. The Morgan fingerprint density at radius 2 is 2.29 bits per heavy atom. The fourth-order valence-electron chi connectivity index (χ4n) is 2.73. The molecule has 114 valence electrons. The molecule has 1 aromatic heterocycles. The highest BCUT2D eigenvalue weighted by Crippen LogP contribution is 2.21. The number of carbonyl (C=O) groups is 1. The Balaban J connectivity index is 1.60. The van der Waals surface area contributed by atoms with Gasteiger partial charge in [-0.05, 0) is 25.0 Å². The van der Waals surface area contributed by atoms with Crippen molar-refractivity contribution in [3.05, 3.63) is 30.2 Å². The summed E-state index contributed by atoms with van der Waals surface area (Å²) in [6.07, 6.45) is 4.95. The van der Waals surface area contributed by atoms with E-state index in [9.17, 15) is 13.2 Å². The van der Waals surface area contributed by atoms with Crippen molar-refractivity contribution in [1.29, 1.82) is 0 Å². The Bertz CT molecular complexity index is 649. The maximum atomic E-state index is 12.2. The lowest BCUT2D eigenvalue weighted by Gasteiger charge is -2.28. The van der Waals surface area contributed by atoms with Crippen LogP contribution < -0.4 is 5.32 Å². The van der Waals surface area contributed by atoms with Gasteiger partial charge in [-0.15, -0.1) is 0 Å². The van der Waals surface area contributed by atoms with E-state index >= 15 is 0 Å². The summed E-state index contributed by atoms with van der Waals surface area (Å²) in [5.41, 5.74) is 0.987. The molecule has 1 saturated heterocycles. The van der Waals surface area contributed by atoms with Crippen molar-refractivity contribution in [2.45, 2.75) is 18.9 Å². The van der Waals surface area contributed by atoms with Gasteiger partial charge in [0.2, 0.25) is 0 Å². The number of rotatable bonds is 2. The van der Waals surface area contributed by atoms with Crippen LogP contribution in [0.5, 0.6) is 0 Å². The van der Waals surface area contributed by atoms with Crippen LogP contribution in [-0.2, 0) is 9.84 Å². The minimum Gasteiger partial charge on any atom is -0.465 e. The molecule has 1 atom stereocenters. The number of sulfone groups is 1. The van der Waals surface area contributed by atoms with Crippen LogP contribution in [0.25, 0.3) is 5.57 Å². The average Bonchev–Trinajstić information content (AvgIpc) is 3.09. The highest BCUT2D eigenvalue weighted by Gasteiger charge is 2.30. The molecule has 2 aliphatic rings. The summed E-state index contributed by atoms with van der Waals surface area (Å²) in [4.78, 5) is 13.9. The van der Waals surface area contributed by atoms with E-state index in [1.165, 1.54) is 0 Å². The minimum atomic E-state index is -2.98. The predicted octanol–water partition coefficient (Wildman–Crippen LogP) is 1.27. The van der Waals surface area contributed by atoms with Crippen LogP contribution in [0.1, 0.15) is 18.6 Å². The summed E-state index contributed by atoms with van der Waals surface area (Å²) in [6.45, 7) is 1.12. The second kappa shape index (κ2) is 5.55. The molecular weight excluding hydrogens is 292 g/mol. The van der Waals surface area contributed by atoms with E-state index < -0.39 is 9.84 Å². The van der Waals surface area contributed by atoms with Crippen molar-refractivity contribution >= 4 is 21.4 Å². The van der Waals surface area contributed by atoms with Crippen LogP contribution in [0.3, 0.4) is 0 Å². The predicted molar refractivity (Wildman–Crippen MR) is 78.5 cm³/mol.